The van der Waals surface area contributed by atoms with Gasteiger partial charge in [0.25, 0.3) is 35.4 Å². The van der Waals surface area contributed by atoms with Crippen molar-refractivity contribution in [2.24, 2.45) is 0 Å². The van der Waals surface area contributed by atoms with E-state index < -0.39 is 18.1 Å². The Morgan fingerprint density at radius 1 is 0.370 bits per heavy atom. The summed E-state index contributed by atoms with van der Waals surface area (Å²) in [5, 5.41) is 5.41. The number of rotatable bonds is 4. The fourth-order valence-electron chi connectivity index (χ4n) is 13.6. The number of nitrogens with one attached hydrogen (secondary N) is 2. The first-order chi connectivity index (χ1) is 42.9. The van der Waals surface area contributed by atoms with Crippen LogP contribution in [0, 0.1) is 0 Å². The van der Waals surface area contributed by atoms with Crippen molar-refractivity contribution < 1.29 is 47.9 Å². The number of allylic oxidation sites excluding steroid dienone is 4. The standard InChI is InChI=1S/C19H22N2O3.C19H24N2O2.C18H20N2O3.C18H22N2O2/c1-11-9-10-14(17(23)20(11)5)21-16(22)12-7-6-8-13(19(2,3)4)15(12)18(21)24;1-12-9-10-16(18(23)20(12)5)21-11-14-13(17(21)22)7-6-8-15(14)19(2,3)4;1-10-8-9-13(15(21)19-10)20-16(22)11-6-5-7-12(18(2,3)4)14(11)17(20)23;1-11-8-9-15(16(21)19-11)20-10-13-12(17(20)22)6-5-7-14(13)18(2,3)4/h6-8,14H,1,9-10H2,2-5H3;6-8,16H,1,9-11H2,2-5H3;5-7,13H,1,8-9H2,2-4H3,(H,19,21);5-7,15H,1,8-10H2,2-4H3,(H,19,21). The molecule has 2 N–H and O–H groups in total. The first-order valence-electron chi connectivity index (χ1n) is 31.6. The fourth-order valence-corrected chi connectivity index (χ4v) is 13.6. The molecular formula is C74H88N8O10. The number of amides is 10. The molecule has 0 saturated carbocycles. The summed E-state index contributed by atoms with van der Waals surface area (Å²) in [6.07, 6.45) is 4.78. The Bertz CT molecular complexity index is 3880. The summed E-state index contributed by atoms with van der Waals surface area (Å²) in [6.45, 7) is 41.2. The first kappa shape index (κ1) is 67.3. The van der Waals surface area contributed by atoms with Gasteiger partial charge in [0.1, 0.15) is 24.2 Å². The predicted molar refractivity (Wildman–Crippen MR) is 352 cm³/mol. The van der Waals surface area contributed by atoms with E-state index in [-0.39, 0.29) is 86.8 Å². The SMILES string of the molecule is C=C1CCC(N2C(=O)c3cccc(C(C)(C)C)c3C2=O)C(=O)N1.C=C1CCC(N2C(=O)c3cccc(C(C)(C)C)c3C2=O)C(=O)N1C.C=C1CCC(N2Cc3c(cccc3C(C)(C)C)C2=O)C(=O)N1.C=C1CCC(N2Cc3c(cccc3C(C)(C)C)C2=O)C(=O)N1C. The van der Waals surface area contributed by atoms with Crippen LogP contribution in [0.25, 0.3) is 0 Å². The van der Waals surface area contributed by atoms with Gasteiger partial charge in [0.15, 0.2) is 0 Å². The van der Waals surface area contributed by atoms with Gasteiger partial charge in [-0.3, -0.25) is 57.7 Å². The van der Waals surface area contributed by atoms with Crippen LogP contribution in [0.4, 0.5) is 0 Å². The Morgan fingerprint density at radius 2 is 0.685 bits per heavy atom. The lowest BCUT2D eigenvalue weighted by Gasteiger charge is -2.36. The van der Waals surface area contributed by atoms with Crippen LogP contribution in [0.2, 0.25) is 0 Å². The molecule has 92 heavy (non-hydrogen) atoms. The average Bonchev–Trinajstić information content (AvgIpc) is 1.62. The molecule has 0 bridgehead atoms. The molecule has 4 unspecified atom stereocenters. The van der Waals surface area contributed by atoms with Crippen LogP contribution in [0.15, 0.2) is 122 Å². The van der Waals surface area contributed by atoms with Gasteiger partial charge in [0.05, 0.1) is 22.3 Å². The van der Waals surface area contributed by atoms with Crippen LogP contribution < -0.4 is 10.6 Å². The van der Waals surface area contributed by atoms with E-state index in [2.05, 4.69) is 90.6 Å². The first-order valence-corrected chi connectivity index (χ1v) is 31.6. The molecule has 4 atom stereocenters. The zero-order valence-corrected chi connectivity index (χ0v) is 55.9. The normalized spacial score (nSPS) is 21.7. The number of hydrogen-bond donors (Lipinski definition) is 2. The van der Waals surface area contributed by atoms with Crippen LogP contribution in [0.5, 0.6) is 0 Å². The zero-order valence-electron chi connectivity index (χ0n) is 55.9. The lowest BCUT2D eigenvalue weighted by atomic mass is 9.82. The molecule has 12 rings (SSSR count). The highest BCUT2D eigenvalue weighted by Gasteiger charge is 2.49. The number of likely N-dealkylation sites (N-methyl/N-ethyl adjacent to an activating group) is 2. The van der Waals surface area contributed by atoms with E-state index in [0.29, 0.717) is 85.3 Å². The van der Waals surface area contributed by atoms with E-state index in [1.165, 1.54) is 16.0 Å². The van der Waals surface area contributed by atoms with Crippen molar-refractivity contribution in [3.05, 3.63) is 189 Å². The van der Waals surface area contributed by atoms with Crippen molar-refractivity contribution in [1.29, 1.82) is 0 Å². The summed E-state index contributed by atoms with van der Waals surface area (Å²) in [4.78, 5) is 135. The number of hydrogen-bond acceptors (Lipinski definition) is 10. The van der Waals surface area contributed by atoms with Gasteiger partial charge in [-0.15, -0.1) is 0 Å². The third kappa shape index (κ3) is 12.6. The number of carbonyl (C=O) groups excluding carboxylic acids is 10. The van der Waals surface area contributed by atoms with Crippen molar-refractivity contribution in [2.45, 2.75) is 193 Å². The molecule has 8 aliphatic rings. The summed E-state index contributed by atoms with van der Waals surface area (Å²) in [5.74, 6) is -2.29. The molecule has 18 heteroatoms. The maximum absolute atomic E-state index is 13.0. The van der Waals surface area contributed by atoms with Gasteiger partial charge in [-0.2, -0.15) is 0 Å². The van der Waals surface area contributed by atoms with Crippen LogP contribution in [-0.2, 0) is 53.9 Å². The van der Waals surface area contributed by atoms with Gasteiger partial charge in [-0.25, -0.2) is 0 Å². The number of fused-ring (bicyclic) bond motifs is 4. The van der Waals surface area contributed by atoms with Gasteiger partial charge >= 0.3 is 0 Å². The molecule has 484 valence electrons. The summed E-state index contributed by atoms with van der Waals surface area (Å²) in [5.41, 5.74) is 11.6. The van der Waals surface area contributed by atoms with Crippen LogP contribution in [0.3, 0.4) is 0 Å². The molecule has 8 aliphatic heterocycles. The summed E-state index contributed by atoms with van der Waals surface area (Å²) >= 11 is 0. The molecule has 0 aliphatic carbocycles. The van der Waals surface area contributed by atoms with Crippen molar-refractivity contribution in [3.8, 4) is 0 Å². The zero-order chi connectivity index (χ0) is 67.8. The van der Waals surface area contributed by atoms with Crippen molar-refractivity contribution in [2.75, 3.05) is 14.1 Å². The summed E-state index contributed by atoms with van der Waals surface area (Å²) in [6, 6.07) is 20.2. The Labute approximate surface area is 540 Å². The van der Waals surface area contributed by atoms with Crippen molar-refractivity contribution in [1.82, 2.24) is 40.0 Å². The molecule has 10 amide bonds. The maximum Gasteiger partial charge on any atom is 0.262 e. The predicted octanol–water partition coefficient (Wildman–Crippen LogP) is 10.9. The van der Waals surface area contributed by atoms with Gasteiger partial charge < -0.3 is 30.2 Å². The van der Waals surface area contributed by atoms with Crippen LogP contribution >= 0.6 is 0 Å². The Balaban J connectivity index is 0.000000145. The van der Waals surface area contributed by atoms with Crippen LogP contribution in [0.1, 0.15) is 230 Å². The van der Waals surface area contributed by atoms with E-state index in [0.717, 1.165) is 67.4 Å². The number of imide groups is 2. The average molecular weight is 1250 g/mol. The monoisotopic (exact) mass is 1250 g/mol. The Morgan fingerprint density at radius 3 is 1.07 bits per heavy atom. The second kappa shape index (κ2) is 24.9. The Kier molecular flexibility index (Phi) is 18.2. The van der Waals surface area contributed by atoms with Gasteiger partial charge in [0, 0.05) is 61.1 Å². The smallest absolute Gasteiger partial charge is 0.262 e. The lowest BCUT2D eigenvalue weighted by molar-refractivity contribution is -0.135. The highest BCUT2D eigenvalue weighted by Crippen LogP contribution is 2.41. The van der Waals surface area contributed by atoms with Gasteiger partial charge in [0.2, 0.25) is 23.6 Å². The largest absolute Gasteiger partial charge is 0.329 e. The highest BCUT2D eigenvalue weighted by atomic mass is 16.2. The lowest BCUT2D eigenvalue weighted by Crippen LogP contribution is -2.52. The maximum atomic E-state index is 13.0. The molecule has 4 saturated heterocycles. The molecule has 0 radical (unpaired) electrons. The molecule has 4 aromatic rings. The molecule has 8 heterocycles. The quantitative estimate of drug-likeness (QED) is 0.184. The second-order valence-electron chi connectivity index (χ2n) is 29.3. The summed E-state index contributed by atoms with van der Waals surface area (Å²) in [7, 11) is 3.38. The molecule has 0 spiro atoms. The van der Waals surface area contributed by atoms with Crippen molar-refractivity contribution >= 4 is 59.1 Å². The van der Waals surface area contributed by atoms with Gasteiger partial charge in [-0.05, 0) is 131 Å². The number of carbonyl (C=O) groups is 10. The highest BCUT2D eigenvalue weighted by molar-refractivity contribution is 6.24. The molecule has 18 nitrogen and oxygen atoms in total. The number of piperidine rings is 4. The van der Waals surface area contributed by atoms with Crippen LogP contribution in [-0.4, -0.2) is 127 Å². The molecule has 4 fully saturated rings. The fraction of sp³-hybridized carbons (Fsp3) is 0.432. The van der Waals surface area contributed by atoms with Gasteiger partial charge in [-0.1, -0.05) is 158 Å². The third-order valence-corrected chi connectivity index (χ3v) is 18.7. The molecular weight excluding hydrogens is 1160 g/mol. The second-order valence-corrected chi connectivity index (χ2v) is 29.3. The minimum Gasteiger partial charge on any atom is -0.329 e. The van der Waals surface area contributed by atoms with Crippen molar-refractivity contribution in [3.63, 3.8) is 0 Å². The van der Waals surface area contributed by atoms with E-state index in [1.807, 2.05) is 77.9 Å². The number of nitrogens with zero attached hydrogens (tertiary/aromatic N) is 6. The number of benzene rings is 4. The number of likely N-dealkylation sites (tertiary alicyclic amines) is 2. The third-order valence-electron chi connectivity index (χ3n) is 18.7. The van der Waals surface area contributed by atoms with E-state index in [1.54, 1.807) is 53.1 Å². The minimum atomic E-state index is -0.763. The minimum absolute atomic E-state index is 0.0228. The van der Waals surface area contributed by atoms with E-state index >= 15 is 0 Å². The molecule has 4 aromatic carbocycles. The van der Waals surface area contributed by atoms with E-state index in [9.17, 15) is 47.9 Å². The molecule has 0 aromatic heterocycles. The summed E-state index contributed by atoms with van der Waals surface area (Å²) < 4.78 is 0. The Hall–Kier alpha value is -9.06. The van der Waals surface area contributed by atoms with E-state index in [4.69, 9.17) is 0 Å². The topological polar surface area (TPSA) is 214 Å².